The first-order valence-corrected chi connectivity index (χ1v) is 34.0. The molecule has 0 radical (unpaired) electrons. The van der Waals surface area contributed by atoms with Crippen LogP contribution in [-0.2, 0) is 0 Å². The first kappa shape index (κ1) is 54.3. The van der Waals surface area contributed by atoms with Gasteiger partial charge in [-0.2, -0.15) is 0 Å². The second kappa shape index (κ2) is 20.8. The molecule has 0 unspecified atom stereocenters. The van der Waals surface area contributed by atoms with Crippen LogP contribution in [0.15, 0.2) is 341 Å². The number of benzene rings is 15. The molecule has 0 bridgehead atoms. The standard InChI is InChI=1S/C90H54B2N4O3/c1-3-21-55(22-4-1)59-48-79-88-80(49-59)94(62-42-45-85-68(53-62)65-28-8-17-39-83(65)97-85)75-35-14-10-31-71(75)91(88)70-30-9-13-34-74(70)93(79)61-26-19-25-57(47-61)58-41-44-66-69-54-63(43-46-86(69)98-87(66)52-58)95-76-36-15-11-32-72(76)92-73-33-12-16-37-77(73)96(78-38-20-29-67-64-27-7-18-40-84(64)99-90(67)78)82-51-60(50-81(95)89(82)92)56-23-5-2-6-24-56/h1-54H. The van der Waals surface area contributed by atoms with Gasteiger partial charge in [-0.05, 0) is 194 Å². The van der Waals surface area contributed by atoms with E-state index in [2.05, 4.69) is 341 Å². The third-order valence-electron chi connectivity index (χ3n) is 21.4. The maximum atomic E-state index is 6.99. The van der Waals surface area contributed by atoms with E-state index in [0.717, 1.165) is 167 Å². The van der Waals surface area contributed by atoms with E-state index in [4.69, 9.17) is 13.3 Å². The Morgan fingerprint density at radius 2 is 0.566 bits per heavy atom. The molecule has 0 fully saturated rings. The van der Waals surface area contributed by atoms with Crippen molar-refractivity contribution in [2.24, 2.45) is 0 Å². The van der Waals surface area contributed by atoms with Gasteiger partial charge in [0, 0.05) is 94.9 Å². The molecule has 22 rings (SSSR count). The van der Waals surface area contributed by atoms with Crippen molar-refractivity contribution >= 4 is 180 Å². The Balaban J connectivity index is 0.686. The van der Waals surface area contributed by atoms with Gasteiger partial charge in [0.1, 0.15) is 27.9 Å². The zero-order valence-electron chi connectivity index (χ0n) is 53.3. The summed E-state index contributed by atoms with van der Waals surface area (Å²) in [5, 5.41) is 6.50. The van der Waals surface area contributed by atoms with Crippen LogP contribution >= 0.6 is 0 Å². The first-order valence-electron chi connectivity index (χ1n) is 34.0. The molecule has 3 aromatic heterocycles. The van der Waals surface area contributed by atoms with Crippen LogP contribution in [0.5, 0.6) is 0 Å². The first-order chi connectivity index (χ1) is 49.1. The fourth-order valence-corrected chi connectivity index (χ4v) is 17.2. The molecule has 4 aliphatic heterocycles. The highest BCUT2D eigenvalue weighted by molar-refractivity contribution is 7.01. The molecule has 4 aliphatic rings. The SMILES string of the molecule is c1ccc(-c2cc3c4c(c2)N(c2ccc5oc6ccccc6c5c2)c2ccccc2B4c2ccccc2N3c2cccc(-c3ccc4c(c3)oc3ccc(N5c6ccccc6B6c7ccccc7N(c7cccc8c7oc7ccccc78)c7cc(-c8ccccc8)cc5c76)cc34)c2)cc1. The largest absolute Gasteiger partial charge is 0.456 e. The maximum absolute atomic E-state index is 6.99. The van der Waals surface area contributed by atoms with Gasteiger partial charge in [-0.15, -0.1) is 0 Å². The molecule has 15 aromatic carbocycles. The van der Waals surface area contributed by atoms with Crippen LogP contribution < -0.4 is 52.4 Å². The topological polar surface area (TPSA) is 52.4 Å². The Bertz CT molecular complexity index is 6450. The quantitative estimate of drug-likeness (QED) is 0.147. The Morgan fingerprint density at radius 1 is 0.192 bits per heavy atom. The fraction of sp³-hybridized carbons (Fsp3) is 0. The van der Waals surface area contributed by atoms with Crippen LogP contribution in [0.3, 0.4) is 0 Å². The molecular formula is C90H54B2N4O3. The highest BCUT2D eigenvalue weighted by Crippen LogP contribution is 2.51. The number of fused-ring (bicyclic) bond motifs is 17. The van der Waals surface area contributed by atoms with Crippen molar-refractivity contribution in [2.75, 3.05) is 19.6 Å². The van der Waals surface area contributed by atoms with Gasteiger partial charge < -0.3 is 32.9 Å². The summed E-state index contributed by atoms with van der Waals surface area (Å²) in [6.07, 6.45) is 0. The number of furan rings is 3. The predicted molar refractivity (Wildman–Crippen MR) is 413 cm³/mol. The molecule has 7 heterocycles. The number of rotatable bonds is 7. The lowest BCUT2D eigenvalue weighted by Crippen LogP contribution is -2.61. The Kier molecular flexibility index (Phi) is 11.4. The van der Waals surface area contributed by atoms with Crippen molar-refractivity contribution < 1.29 is 13.3 Å². The van der Waals surface area contributed by atoms with Gasteiger partial charge in [-0.25, -0.2) is 0 Å². The molecule has 0 saturated carbocycles. The van der Waals surface area contributed by atoms with Crippen molar-refractivity contribution in [3.8, 4) is 33.4 Å². The number of hydrogen-bond acceptors (Lipinski definition) is 7. The average Bonchev–Trinajstić information content (AvgIpc) is 1.10. The average molecular weight is 1260 g/mol. The highest BCUT2D eigenvalue weighted by Gasteiger charge is 2.46. The Labute approximate surface area is 570 Å². The van der Waals surface area contributed by atoms with Gasteiger partial charge in [0.2, 0.25) is 0 Å². The van der Waals surface area contributed by atoms with Crippen LogP contribution in [0.4, 0.5) is 68.2 Å². The van der Waals surface area contributed by atoms with Crippen LogP contribution in [0.1, 0.15) is 0 Å². The van der Waals surface area contributed by atoms with E-state index in [0.29, 0.717) is 0 Å². The monoisotopic (exact) mass is 1260 g/mol. The molecular weight excluding hydrogens is 1210 g/mol. The van der Waals surface area contributed by atoms with E-state index >= 15 is 0 Å². The minimum Gasteiger partial charge on any atom is -0.456 e. The minimum atomic E-state index is -0.0460. The predicted octanol–water partition coefficient (Wildman–Crippen LogP) is 20.6. The molecule has 0 atom stereocenters. The van der Waals surface area contributed by atoms with Crippen LogP contribution in [0.25, 0.3) is 99.2 Å². The number of hydrogen-bond donors (Lipinski definition) is 0. The molecule has 0 amide bonds. The highest BCUT2D eigenvalue weighted by atomic mass is 16.3. The van der Waals surface area contributed by atoms with Gasteiger partial charge in [-0.1, -0.05) is 200 Å². The smallest absolute Gasteiger partial charge is 0.252 e. The maximum Gasteiger partial charge on any atom is 0.252 e. The van der Waals surface area contributed by atoms with Gasteiger partial charge >= 0.3 is 0 Å². The van der Waals surface area contributed by atoms with Gasteiger partial charge in [-0.3, -0.25) is 0 Å². The molecule has 18 aromatic rings. The summed E-state index contributed by atoms with van der Waals surface area (Å²) in [5.41, 5.74) is 32.7. The molecule has 0 saturated heterocycles. The van der Waals surface area contributed by atoms with Crippen molar-refractivity contribution in [2.45, 2.75) is 0 Å². The van der Waals surface area contributed by atoms with Crippen LogP contribution in [0.2, 0.25) is 0 Å². The van der Waals surface area contributed by atoms with E-state index in [1.165, 1.54) is 32.8 Å². The van der Waals surface area contributed by atoms with Crippen molar-refractivity contribution in [1.29, 1.82) is 0 Å². The zero-order valence-corrected chi connectivity index (χ0v) is 53.3. The second-order valence-corrected chi connectivity index (χ2v) is 26.6. The normalized spacial score (nSPS) is 13.3. The summed E-state index contributed by atoms with van der Waals surface area (Å²) >= 11 is 0. The summed E-state index contributed by atoms with van der Waals surface area (Å²) < 4.78 is 20.3. The fourth-order valence-electron chi connectivity index (χ4n) is 17.2. The summed E-state index contributed by atoms with van der Waals surface area (Å²) in [7, 11) is 0. The van der Waals surface area contributed by atoms with Gasteiger partial charge in [0.15, 0.2) is 5.58 Å². The molecule has 99 heavy (non-hydrogen) atoms. The van der Waals surface area contributed by atoms with E-state index in [-0.39, 0.29) is 13.4 Å². The summed E-state index contributed by atoms with van der Waals surface area (Å²) in [6, 6.07) is 120. The summed E-state index contributed by atoms with van der Waals surface area (Å²) in [5.74, 6) is 0. The molecule has 9 heteroatoms. The Morgan fingerprint density at radius 3 is 1.11 bits per heavy atom. The molecule has 0 N–H and O–H groups in total. The zero-order chi connectivity index (χ0) is 64.6. The van der Waals surface area contributed by atoms with Crippen LogP contribution in [0, 0.1) is 0 Å². The third-order valence-corrected chi connectivity index (χ3v) is 21.4. The van der Waals surface area contributed by atoms with Crippen LogP contribution in [-0.4, -0.2) is 13.4 Å². The number of anilines is 12. The minimum absolute atomic E-state index is 0.0261. The Hall–Kier alpha value is -13.0. The number of nitrogens with zero attached hydrogens (tertiary/aromatic N) is 4. The summed E-state index contributed by atoms with van der Waals surface area (Å²) in [6.45, 7) is -0.0721. The summed E-state index contributed by atoms with van der Waals surface area (Å²) in [4.78, 5) is 9.95. The molecule has 0 spiro atoms. The van der Waals surface area contributed by atoms with Crippen molar-refractivity contribution in [3.05, 3.63) is 328 Å². The second-order valence-electron chi connectivity index (χ2n) is 26.6. The van der Waals surface area contributed by atoms with Gasteiger partial charge in [0.25, 0.3) is 13.4 Å². The molecule has 458 valence electrons. The van der Waals surface area contributed by atoms with Gasteiger partial charge in [0.05, 0.1) is 5.69 Å². The molecule has 0 aliphatic carbocycles. The number of para-hydroxylation sites is 7. The third kappa shape index (κ3) is 7.92. The molecule has 7 nitrogen and oxygen atoms in total. The van der Waals surface area contributed by atoms with E-state index in [9.17, 15) is 0 Å². The van der Waals surface area contributed by atoms with E-state index < -0.39 is 0 Å². The van der Waals surface area contributed by atoms with Crippen molar-refractivity contribution in [3.63, 3.8) is 0 Å². The lowest BCUT2D eigenvalue weighted by Gasteiger charge is -2.44. The van der Waals surface area contributed by atoms with Crippen molar-refractivity contribution in [1.82, 2.24) is 0 Å². The lowest BCUT2D eigenvalue weighted by atomic mass is 9.33. The lowest BCUT2D eigenvalue weighted by molar-refractivity contribution is 0.668. The van der Waals surface area contributed by atoms with E-state index in [1.807, 2.05) is 6.07 Å². The van der Waals surface area contributed by atoms with E-state index in [1.54, 1.807) is 0 Å².